The highest BCUT2D eigenvalue weighted by Gasteiger charge is 2.13. The van der Waals surface area contributed by atoms with E-state index >= 15 is 0 Å². The molecule has 0 aromatic rings. The van der Waals surface area contributed by atoms with Gasteiger partial charge in [-0.05, 0) is 25.9 Å². The van der Waals surface area contributed by atoms with Gasteiger partial charge in [-0.1, -0.05) is 6.82 Å². The molecule has 0 bridgehead atoms. The Hall–Kier alpha value is -0.0151. The number of piperidine rings is 1. The molecule has 2 N–H and O–H groups in total. The summed E-state index contributed by atoms with van der Waals surface area (Å²) in [6, 6.07) is 0.459. The Morgan fingerprint density at radius 2 is 2.00 bits per heavy atom. The predicted octanol–water partition coefficient (Wildman–Crippen LogP) is 0.0768. The minimum absolute atomic E-state index is 0.459. The van der Waals surface area contributed by atoms with Crippen LogP contribution in [0.5, 0.6) is 0 Å². The summed E-state index contributed by atoms with van der Waals surface area (Å²) in [6.45, 7) is 4.38. The van der Waals surface area contributed by atoms with Crippen molar-refractivity contribution in [1.29, 1.82) is 0 Å². The molecule has 0 aromatic carbocycles. The number of nitrogens with zero attached hydrogens (tertiary/aromatic N) is 1. The molecule has 0 atom stereocenters. The summed E-state index contributed by atoms with van der Waals surface area (Å²) in [4.78, 5) is 2.32. The second-order valence-electron chi connectivity index (χ2n) is 2.63. The number of hydrogen-bond donors (Lipinski definition) is 1. The maximum absolute atomic E-state index is 5.71. The Labute approximate surface area is 57.7 Å². The van der Waals surface area contributed by atoms with E-state index in [1.165, 1.54) is 0 Å². The molecule has 9 heavy (non-hydrogen) atoms. The standard InChI is InChI=1S/C6H14BN2/c1-7-9-4-2-6(8)3-5-9/h6H,2-5,8H2,1H3. The largest absolute Gasteiger partial charge is 0.347 e. The molecule has 0 saturated carbocycles. The van der Waals surface area contributed by atoms with Gasteiger partial charge in [-0.3, -0.25) is 0 Å². The molecule has 1 rings (SSSR count). The van der Waals surface area contributed by atoms with Crippen molar-refractivity contribution in [1.82, 2.24) is 4.81 Å². The maximum Gasteiger partial charge on any atom is 0.205 e. The summed E-state index contributed by atoms with van der Waals surface area (Å²) < 4.78 is 0. The molecule has 1 saturated heterocycles. The molecule has 0 aliphatic carbocycles. The highest BCUT2D eigenvalue weighted by Crippen LogP contribution is 2.05. The maximum atomic E-state index is 5.71. The van der Waals surface area contributed by atoms with Crippen LogP contribution in [0, 0.1) is 0 Å². The monoisotopic (exact) mass is 125 g/mol. The Morgan fingerprint density at radius 3 is 2.44 bits per heavy atom. The number of rotatable bonds is 1. The van der Waals surface area contributed by atoms with Crippen molar-refractivity contribution in [3.63, 3.8) is 0 Å². The van der Waals surface area contributed by atoms with Crippen LogP contribution in [0.2, 0.25) is 6.82 Å². The molecule has 0 unspecified atom stereocenters. The van der Waals surface area contributed by atoms with Gasteiger partial charge in [0.05, 0.1) is 0 Å². The van der Waals surface area contributed by atoms with E-state index in [1.54, 1.807) is 0 Å². The van der Waals surface area contributed by atoms with E-state index in [0.29, 0.717) is 6.04 Å². The highest BCUT2D eigenvalue weighted by molar-refractivity contribution is 6.29. The van der Waals surface area contributed by atoms with Crippen molar-refractivity contribution in [3.05, 3.63) is 0 Å². The van der Waals surface area contributed by atoms with E-state index in [1.807, 2.05) is 0 Å². The summed E-state index contributed by atoms with van der Waals surface area (Å²) in [5.41, 5.74) is 5.71. The third-order valence-electron chi connectivity index (χ3n) is 1.94. The molecular weight excluding hydrogens is 111 g/mol. The normalized spacial score (nSPS) is 24.2. The SMILES string of the molecule is C[B]N1CCC(N)CC1. The Balaban J connectivity index is 2.18. The van der Waals surface area contributed by atoms with Crippen molar-refractivity contribution in [2.75, 3.05) is 13.1 Å². The lowest BCUT2D eigenvalue weighted by atomic mass is 9.91. The third-order valence-corrected chi connectivity index (χ3v) is 1.94. The van der Waals surface area contributed by atoms with Gasteiger partial charge in [0.25, 0.3) is 0 Å². The van der Waals surface area contributed by atoms with Crippen molar-refractivity contribution in [3.8, 4) is 0 Å². The van der Waals surface area contributed by atoms with Crippen LogP contribution in [0.4, 0.5) is 0 Å². The van der Waals surface area contributed by atoms with Gasteiger partial charge in [0.15, 0.2) is 0 Å². The molecule has 0 spiro atoms. The summed E-state index contributed by atoms with van der Waals surface area (Å²) in [5, 5.41) is 0. The minimum atomic E-state index is 0.459. The molecular formula is C6H14BN2. The summed E-state index contributed by atoms with van der Waals surface area (Å²) in [7, 11) is 2.14. The molecule has 3 heteroatoms. The van der Waals surface area contributed by atoms with E-state index in [-0.39, 0.29) is 0 Å². The van der Waals surface area contributed by atoms with Crippen LogP contribution < -0.4 is 5.73 Å². The van der Waals surface area contributed by atoms with E-state index < -0.39 is 0 Å². The lowest BCUT2D eigenvalue weighted by molar-refractivity contribution is 0.330. The first-order chi connectivity index (χ1) is 4.33. The average molecular weight is 125 g/mol. The van der Waals surface area contributed by atoms with Gasteiger partial charge >= 0.3 is 0 Å². The van der Waals surface area contributed by atoms with Crippen LogP contribution >= 0.6 is 0 Å². The lowest BCUT2D eigenvalue weighted by Gasteiger charge is -2.28. The molecule has 51 valence electrons. The molecule has 0 amide bonds. The second-order valence-corrected chi connectivity index (χ2v) is 2.63. The second kappa shape index (κ2) is 3.23. The smallest absolute Gasteiger partial charge is 0.205 e. The van der Waals surface area contributed by atoms with Gasteiger partial charge in [0, 0.05) is 6.04 Å². The summed E-state index contributed by atoms with van der Waals surface area (Å²) in [6.07, 6.45) is 2.31. The van der Waals surface area contributed by atoms with Gasteiger partial charge < -0.3 is 10.5 Å². The van der Waals surface area contributed by atoms with Crippen LogP contribution in [0.25, 0.3) is 0 Å². The van der Waals surface area contributed by atoms with Crippen molar-refractivity contribution < 1.29 is 0 Å². The van der Waals surface area contributed by atoms with Crippen molar-refractivity contribution in [2.45, 2.75) is 25.7 Å². The highest BCUT2D eigenvalue weighted by atomic mass is 15.0. The predicted molar refractivity (Wildman–Crippen MR) is 40.4 cm³/mol. The van der Waals surface area contributed by atoms with E-state index in [2.05, 4.69) is 19.0 Å². The van der Waals surface area contributed by atoms with E-state index in [0.717, 1.165) is 25.9 Å². The number of hydrogen-bond acceptors (Lipinski definition) is 2. The zero-order chi connectivity index (χ0) is 6.69. The Morgan fingerprint density at radius 1 is 1.44 bits per heavy atom. The zero-order valence-electron chi connectivity index (χ0n) is 6.01. The molecule has 1 heterocycles. The molecule has 1 fully saturated rings. The molecule has 2 nitrogen and oxygen atoms in total. The van der Waals surface area contributed by atoms with Crippen molar-refractivity contribution in [2.24, 2.45) is 5.73 Å². The first-order valence-electron chi connectivity index (χ1n) is 3.62. The van der Waals surface area contributed by atoms with Crippen LogP contribution in [0.3, 0.4) is 0 Å². The van der Waals surface area contributed by atoms with E-state index in [4.69, 9.17) is 5.73 Å². The molecule has 1 aliphatic rings. The first kappa shape index (κ1) is 7.10. The fourth-order valence-corrected chi connectivity index (χ4v) is 1.18. The van der Waals surface area contributed by atoms with Gasteiger partial charge in [-0.2, -0.15) is 0 Å². The van der Waals surface area contributed by atoms with Gasteiger partial charge in [-0.25, -0.2) is 0 Å². The Kier molecular flexibility index (Phi) is 2.55. The summed E-state index contributed by atoms with van der Waals surface area (Å²) >= 11 is 0. The van der Waals surface area contributed by atoms with Crippen LogP contribution in [-0.2, 0) is 0 Å². The van der Waals surface area contributed by atoms with Gasteiger partial charge in [-0.15, -0.1) is 0 Å². The molecule has 1 aliphatic heterocycles. The van der Waals surface area contributed by atoms with Crippen LogP contribution in [0.1, 0.15) is 12.8 Å². The van der Waals surface area contributed by atoms with Crippen LogP contribution in [0.15, 0.2) is 0 Å². The molecule has 1 radical (unpaired) electrons. The number of nitrogens with two attached hydrogens (primary N) is 1. The fraction of sp³-hybridized carbons (Fsp3) is 1.00. The van der Waals surface area contributed by atoms with Gasteiger partial charge in [0.1, 0.15) is 0 Å². The first-order valence-corrected chi connectivity index (χ1v) is 3.62. The Bertz CT molecular complexity index is 79.1. The third kappa shape index (κ3) is 1.99. The minimum Gasteiger partial charge on any atom is -0.347 e. The quantitative estimate of drug-likeness (QED) is 0.502. The van der Waals surface area contributed by atoms with E-state index in [9.17, 15) is 0 Å². The lowest BCUT2D eigenvalue weighted by Crippen LogP contribution is -2.40. The van der Waals surface area contributed by atoms with Crippen molar-refractivity contribution >= 4 is 7.41 Å². The van der Waals surface area contributed by atoms with Crippen LogP contribution in [-0.4, -0.2) is 31.4 Å². The van der Waals surface area contributed by atoms with Gasteiger partial charge in [0.2, 0.25) is 7.41 Å². The molecule has 0 aromatic heterocycles. The zero-order valence-corrected chi connectivity index (χ0v) is 6.01. The fourth-order valence-electron chi connectivity index (χ4n) is 1.18. The summed E-state index contributed by atoms with van der Waals surface area (Å²) in [5.74, 6) is 0. The average Bonchev–Trinajstić information content (AvgIpc) is 1.90. The topological polar surface area (TPSA) is 29.3 Å².